The fourth-order valence-electron chi connectivity index (χ4n) is 3.42. The number of unbranched alkanes of at least 4 members (excludes halogenated alkanes) is 1. The van der Waals surface area contributed by atoms with E-state index in [9.17, 15) is 13.2 Å². The quantitative estimate of drug-likeness (QED) is 0.578. The Balaban J connectivity index is 1.89. The summed E-state index contributed by atoms with van der Waals surface area (Å²) in [5.74, 6) is 0.420. The highest BCUT2D eigenvalue weighted by atomic mass is 35.5. The van der Waals surface area contributed by atoms with E-state index in [0.29, 0.717) is 35.9 Å². The van der Waals surface area contributed by atoms with Crippen LogP contribution < -0.4 is 4.74 Å². The van der Waals surface area contributed by atoms with Gasteiger partial charge in [-0.1, -0.05) is 49.2 Å². The van der Waals surface area contributed by atoms with Crippen LogP contribution in [0.1, 0.15) is 42.1 Å². The van der Waals surface area contributed by atoms with Gasteiger partial charge in [0.25, 0.3) is 5.91 Å². The molecule has 5 nitrogen and oxygen atoms in total. The highest BCUT2D eigenvalue weighted by Crippen LogP contribution is 2.26. The molecule has 0 saturated carbocycles. The number of ether oxygens (including phenoxy) is 1. The smallest absolute Gasteiger partial charge is 0.258 e. The van der Waals surface area contributed by atoms with Gasteiger partial charge in [0.15, 0.2) is 9.84 Å². The van der Waals surface area contributed by atoms with Crippen molar-refractivity contribution < 1.29 is 17.9 Å². The number of rotatable bonds is 8. The summed E-state index contributed by atoms with van der Waals surface area (Å²) in [6, 6.07) is 14.1. The Morgan fingerprint density at radius 1 is 1.17 bits per heavy atom. The molecule has 1 atom stereocenters. The van der Waals surface area contributed by atoms with Crippen LogP contribution in [0.5, 0.6) is 5.75 Å². The van der Waals surface area contributed by atoms with Gasteiger partial charge in [0.1, 0.15) is 5.75 Å². The molecular weight excluding hydrogens is 410 g/mol. The minimum Gasteiger partial charge on any atom is -0.493 e. The van der Waals surface area contributed by atoms with Crippen molar-refractivity contribution in [3.8, 4) is 5.75 Å². The van der Waals surface area contributed by atoms with Gasteiger partial charge in [-0.05, 0) is 42.7 Å². The van der Waals surface area contributed by atoms with E-state index >= 15 is 0 Å². The minimum atomic E-state index is -3.13. The van der Waals surface area contributed by atoms with Crippen molar-refractivity contribution in [2.24, 2.45) is 0 Å². The molecule has 1 amide bonds. The van der Waals surface area contributed by atoms with E-state index < -0.39 is 9.84 Å². The Hall–Kier alpha value is -2.05. The largest absolute Gasteiger partial charge is 0.493 e. The summed E-state index contributed by atoms with van der Waals surface area (Å²) in [5.41, 5.74) is 1.36. The molecule has 1 fully saturated rings. The van der Waals surface area contributed by atoms with E-state index in [2.05, 4.69) is 6.92 Å². The van der Waals surface area contributed by atoms with Crippen molar-refractivity contribution in [2.75, 3.05) is 18.1 Å². The zero-order valence-corrected chi connectivity index (χ0v) is 18.1. The molecule has 0 aliphatic carbocycles. The van der Waals surface area contributed by atoms with Crippen LogP contribution in [0, 0.1) is 0 Å². The van der Waals surface area contributed by atoms with Gasteiger partial charge in [-0.2, -0.15) is 0 Å². The van der Waals surface area contributed by atoms with Crippen LogP contribution in [0.2, 0.25) is 5.02 Å². The number of hydrogen-bond donors (Lipinski definition) is 0. The molecule has 7 heteroatoms. The lowest BCUT2D eigenvalue weighted by Gasteiger charge is -2.29. The maximum atomic E-state index is 13.5. The van der Waals surface area contributed by atoms with E-state index in [0.717, 1.165) is 18.4 Å². The number of benzene rings is 2. The van der Waals surface area contributed by atoms with Crippen molar-refractivity contribution in [3.05, 3.63) is 64.7 Å². The van der Waals surface area contributed by atoms with Gasteiger partial charge in [0.2, 0.25) is 0 Å². The molecule has 3 rings (SSSR count). The number of nitrogens with zero attached hydrogens (tertiary/aromatic N) is 1. The third-order valence-corrected chi connectivity index (χ3v) is 7.05. The highest BCUT2D eigenvalue weighted by molar-refractivity contribution is 7.91. The molecule has 2 aromatic carbocycles. The van der Waals surface area contributed by atoms with E-state index in [4.69, 9.17) is 16.3 Å². The second kappa shape index (κ2) is 9.63. The Morgan fingerprint density at radius 3 is 2.55 bits per heavy atom. The number of halogens is 1. The van der Waals surface area contributed by atoms with Crippen molar-refractivity contribution >= 4 is 27.3 Å². The standard InChI is InChI=1S/C22H26ClNO4S/c1-2-3-13-28-21-7-5-4-6-20(21)22(25)24(19-12-14-29(26,27)16-19)15-17-8-10-18(23)11-9-17/h4-11,19H,2-3,12-16H2,1H3. The first-order valence-electron chi connectivity index (χ1n) is 9.87. The maximum absolute atomic E-state index is 13.5. The SMILES string of the molecule is CCCCOc1ccccc1C(=O)N(Cc1ccc(Cl)cc1)C1CCS(=O)(=O)C1. The molecule has 0 N–H and O–H groups in total. The molecule has 0 radical (unpaired) electrons. The minimum absolute atomic E-state index is 0.00874. The van der Waals surface area contributed by atoms with Crippen molar-refractivity contribution in [3.63, 3.8) is 0 Å². The molecule has 156 valence electrons. The second-order valence-electron chi connectivity index (χ2n) is 7.31. The average molecular weight is 436 g/mol. The first kappa shape index (κ1) is 21.7. The van der Waals surface area contributed by atoms with Gasteiger partial charge in [-0.25, -0.2) is 8.42 Å². The van der Waals surface area contributed by atoms with E-state index in [1.807, 2.05) is 18.2 Å². The molecule has 1 heterocycles. The molecule has 0 spiro atoms. The van der Waals surface area contributed by atoms with Crippen LogP contribution in [-0.2, 0) is 16.4 Å². The van der Waals surface area contributed by atoms with Crippen LogP contribution in [0.15, 0.2) is 48.5 Å². The van der Waals surface area contributed by atoms with Crippen molar-refractivity contribution in [2.45, 2.75) is 38.8 Å². The van der Waals surface area contributed by atoms with Crippen LogP contribution >= 0.6 is 11.6 Å². The van der Waals surface area contributed by atoms with Crippen LogP contribution in [0.25, 0.3) is 0 Å². The van der Waals surface area contributed by atoms with Gasteiger partial charge < -0.3 is 9.64 Å². The monoisotopic (exact) mass is 435 g/mol. The second-order valence-corrected chi connectivity index (χ2v) is 9.98. The van der Waals surface area contributed by atoms with Gasteiger partial charge in [0.05, 0.1) is 23.7 Å². The zero-order chi connectivity index (χ0) is 20.9. The molecule has 29 heavy (non-hydrogen) atoms. The fraction of sp³-hybridized carbons (Fsp3) is 0.409. The van der Waals surface area contributed by atoms with Gasteiger partial charge >= 0.3 is 0 Å². The lowest BCUT2D eigenvalue weighted by molar-refractivity contribution is 0.0676. The molecular formula is C22H26ClNO4S. The Morgan fingerprint density at radius 2 is 1.90 bits per heavy atom. The summed E-state index contributed by atoms with van der Waals surface area (Å²) in [6.07, 6.45) is 2.34. The number of para-hydroxylation sites is 1. The maximum Gasteiger partial charge on any atom is 0.258 e. The third-order valence-electron chi connectivity index (χ3n) is 5.05. The summed E-state index contributed by atoms with van der Waals surface area (Å²) in [6.45, 7) is 2.93. The lowest BCUT2D eigenvalue weighted by Crippen LogP contribution is -2.40. The molecule has 0 bridgehead atoms. The number of carbonyl (C=O) groups excluding carboxylic acids is 1. The number of hydrogen-bond acceptors (Lipinski definition) is 4. The van der Waals surface area contributed by atoms with E-state index in [1.165, 1.54) is 0 Å². The first-order chi connectivity index (χ1) is 13.9. The zero-order valence-electron chi connectivity index (χ0n) is 16.5. The van der Waals surface area contributed by atoms with Gasteiger partial charge in [-0.3, -0.25) is 4.79 Å². The molecule has 0 aromatic heterocycles. The molecule has 1 saturated heterocycles. The predicted octanol–water partition coefficient (Wildman–Crippen LogP) is 4.35. The number of sulfone groups is 1. The summed E-state index contributed by atoms with van der Waals surface area (Å²) < 4.78 is 30.0. The van der Waals surface area contributed by atoms with E-state index in [1.54, 1.807) is 35.2 Å². The summed E-state index contributed by atoms with van der Waals surface area (Å²) in [5, 5.41) is 0.616. The third kappa shape index (κ3) is 5.73. The topological polar surface area (TPSA) is 63.7 Å². The molecule has 1 unspecified atom stereocenters. The van der Waals surface area contributed by atoms with Crippen molar-refractivity contribution in [1.82, 2.24) is 4.90 Å². The van der Waals surface area contributed by atoms with Crippen molar-refractivity contribution in [1.29, 1.82) is 0 Å². The lowest BCUT2D eigenvalue weighted by atomic mass is 10.1. The normalized spacial score (nSPS) is 17.8. The number of amides is 1. The highest BCUT2D eigenvalue weighted by Gasteiger charge is 2.35. The van der Waals surface area contributed by atoms with E-state index in [-0.39, 0.29) is 23.5 Å². The average Bonchev–Trinajstić information content (AvgIpc) is 3.07. The molecule has 1 aliphatic rings. The predicted molar refractivity (Wildman–Crippen MR) is 115 cm³/mol. The fourth-order valence-corrected chi connectivity index (χ4v) is 5.28. The summed E-state index contributed by atoms with van der Waals surface area (Å²) in [4.78, 5) is 15.2. The van der Waals surface area contributed by atoms with Gasteiger partial charge in [-0.15, -0.1) is 0 Å². The summed E-state index contributed by atoms with van der Waals surface area (Å²) >= 11 is 5.98. The van der Waals surface area contributed by atoms with Crippen LogP contribution in [-0.4, -0.2) is 43.4 Å². The van der Waals surface area contributed by atoms with Crippen LogP contribution in [0.4, 0.5) is 0 Å². The Kier molecular flexibility index (Phi) is 7.19. The summed E-state index contributed by atoms with van der Waals surface area (Å²) in [7, 11) is -3.13. The molecule has 2 aromatic rings. The molecule has 1 aliphatic heterocycles. The Bertz CT molecular complexity index is 944. The Labute approximate surface area is 177 Å². The number of carbonyl (C=O) groups is 1. The van der Waals surface area contributed by atoms with Crippen LogP contribution in [0.3, 0.4) is 0 Å². The first-order valence-corrected chi connectivity index (χ1v) is 12.1. The van der Waals surface area contributed by atoms with Gasteiger partial charge in [0, 0.05) is 17.6 Å².